The van der Waals surface area contributed by atoms with Gasteiger partial charge in [0.25, 0.3) is 5.91 Å². The quantitative estimate of drug-likeness (QED) is 0.678. The van der Waals surface area contributed by atoms with Crippen molar-refractivity contribution in [1.29, 1.82) is 0 Å². The minimum atomic E-state index is 0.0793. The number of amides is 1. The lowest BCUT2D eigenvalue weighted by molar-refractivity contribution is 0.0755. The van der Waals surface area contributed by atoms with Crippen molar-refractivity contribution in [2.45, 2.75) is 19.9 Å². The molecule has 0 radical (unpaired) electrons. The molecule has 2 heteroatoms. The van der Waals surface area contributed by atoms with Gasteiger partial charge in [0, 0.05) is 18.7 Å². The van der Waals surface area contributed by atoms with Gasteiger partial charge in [-0.05, 0) is 26.0 Å². The summed E-state index contributed by atoms with van der Waals surface area (Å²) in [5, 5.41) is 0. The van der Waals surface area contributed by atoms with Crippen molar-refractivity contribution >= 4 is 5.91 Å². The van der Waals surface area contributed by atoms with Crippen LogP contribution in [0.15, 0.2) is 30.3 Å². The molecule has 0 aliphatic carbocycles. The predicted molar refractivity (Wildman–Crippen MR) is 53.7 cm³/mol. The molecule has 0 N–H and O–H groups in total. The number of hydrogen-bond acceptors (Lipinski definition) is 1. The summed E-state index contributed by atoms with van der Waals surface area (Å²) in [7, 11) is 1.82. The molecule has 1 aromatic rings. The maximum Gasteiger partial charge on any atom is 0.253 e. The first kappa shape index (κ1) is 9.78. The molecular weight excluding hydrogens is 162 g/mol. The lowest BCUT2D eigenvalue weighted by Gasteiger charge is -2.21. The lowest BCUT2D eigenvalue weighted by Crippen LogP contribution is -2.32. The second kappa shape index (κ2) is 4.08. The number of hydrogen-bond donors (Lipinski definition) is 0. The van der Waals surface area contributed by atoms with E-state index in [9.17, 15) is 4.79 Å². The summed E-state index contributed by atoms with van der Waals surface area (Å²) in [6.45, 7) is 4.00. The van der Waals surface area contributed by atoms with Crippen molar-refractivity contribution in [3.8, 4) is 0 Å². The molecule has 0 heterocycles. The van der Waals surface area contributed by atoms with Crippen molar-refractivity contribution in [3.05, 3.63) is 35.9 Å². The van der Waals surface area contributed by atoms with Crippen molar-refractivity contribution < 1.29 is 4.79 Å². The summed E-state index contributed by atoms with van der Waals surface area (Å²) in [6, 6.07) is 9.57. The van der Waals surface area contributed by atoms with E-state index in [-0.39, 0.29) is 11.9 Å². The Hall–Kier alpha value is -1.31. The molecule has 1 amide bonds. The highest BCUT2D eigenvalue weighted by Gasteiger charge is 2.12. The van der Waals surface area contributed by atoms with Gasteiger partial charge in [0.15, 0.2) is 0 Å². The van der Waals surface area contributed by atoms with Crippen LogP contribution >= 0.6 is 0 Å². The van der Waals surface area contributed by atoms with E-state index in [1.807, 2.05) is 51.2 Å². The Labute approximate surface area is 79.2 Å². The van der Waals surface area contributed by atoms with Crippen LogP contribution < -0.4 is 0 Å². The molecule has 0 aliphatic rings. The highest BCUT2D eigenvalue weighted by Crippen LogP contribution is 2.05. The predicted octanol–water partition coefficient (Wildman–Crippen LogP) is 2.17. The zero-order valence-corrected chi connectivity index (χ0v) is 8.32. The minimum absolute atomic E-state index is 0.0793. The van der Waals surface area contributed by atoms with Gasteiger partial charge < -0.3 is 4.90 Å². The Morgan fingerprint density at radius 3 is 2.23 bits per heavy atom. The molecule has 0 unspecified atom stereocenters. The number of carbonyl (C=O) groups excluding carboxylic acids is 1. The van der Waals surface area contributed by atoms with E-state index in [1.54, 1.807) is 4.90 Å². The van der Waals surface area contributed by atoms with E-state index in [1.165, 1.54) is 0 Å². The topological polar surface area (TPSA) is 20.3 Å². The first-order valence-electron chi connectivity index (χ1n) is 4.45. The standard InChI is InChI=1S/C11H15NO/c1-9(2)12(3)11(13)10-7-5-4-6-8-10/h4-9H,1-3H3. The Morgan fingerprint density at radius 1 is 1.23 bits per heavy atom. The van der Waals surface area contributed by atoms with E-state index in [0.29, 0.717) is 0 Å². The van der Waals surface area contributed by atoms with Gasteiger partial charge in [-0.3, -0.25) is 4.79 Å². The van der Waals surface area contributed by atoms with Crippen LogP contribution in [0.4, 0.5) is 0 Å². The first-order valence-corrected chi connectivity index (χ1v) is 4.45. The number of benzene rings is 1. The van der Waals surface area contributed by atoms with Crippen molar-refractivity contribution in [2.24, 2.45) is 0 Å². The zero-order valence-electron chi connectivity index (χ0n) is 8.32. The molecular formula is C11H15NO. The van der Waals surface area contributed by atoms with Gasteiger partial charge in [-0.15, -0.1) is 0 Å². The molecule has 0 spiro atoms. The van der Waals surface area contributed by atoms with Crippen molar-refractivity contribution in [1.82, 2.24) is 4.90 Å². The van der Waals surface area contributed by atoms with Crippen molar-refractivity contribution in [3.63, 3.8) is 0 Å². The van der Waals surface area contributed by atoms with Gasteiger partial charge in [-0.1, -0.05) is 18.2 Å². The van der Waals surface area contributed by atoms with E-state index in [0.717, 1.165) is 5.56 Å². The van der Waals surface area contributed by atoms with Crippen molar-refractivity contribution in [2.75, 3.05) is 7.05 Å². The summed E-state index contributed by atoms with van der Waals surface area (Å²) in [4.78, 5) is 13.4. The third kappa shape index (κ3) is 2.31. The van der Waals surface area contributed by atoms with Gasteiger partial charge in [-0.25, -0.2) is 0 Å². The molecule has 0 saturated carbocycles. The minimum Gasteiger partial charge on any atom is -0.339 e. The molecule has 70 valence electrons. The third-order valence-electron chi connectivity index (χ3n) is 2.12. The third-order valence-corrected chi connectivity index (χ3v) is 2.12. The van der Waals surface area contributed by atoms with E-state index >= 15 is 0 Å². The van der Waals surface area contributed by atoms with Crippen LogP contribution in [0.3, 0.4) is 0 Å². The summed E-state index contributed by atoms with van der Waals surface area (Å²) in [5.74, 6) is 0.0793. The molecule has 0 bridgehead atoms. The van der Waals surface area contributed by atoms with Crippen LogP contribution in [0.5, 0.6) is 0 Å². The molecule has 0 atom stereocenters. The van der Waals surface area contributed by atoms with Gasteiger partial charge >= 0.3 is 0 Å². The summed E-state index contributed by atoms with van der Waals surface area (Å²) in [6.07, 6.45) is 0. The van der Waals surface area contributed by atoms with Crippen LogP contribution in [-0.4, -0.2) is 23.9 Å². The average Bonchev–Trinajstić information content (AvgIpc) is 2.17. The van der Waals surface area contributed by atoms with E-state index < -0.39 is 0 Å². The van der Waals surface area contributed by atoms with E-state index in [4.69, 9.17) is 0 Å². The molecule has 1 aromatic carbocycles. The van der Waals surface area contributed by atoms with Gasteiger partial charge in [-0.2, -0.15) is 0 Å². The number of rotatable bonds is 2. The molecule has 0 aromatic heterocycles. The summed E-state index contributed by atoms with van der Waals surface area (Å²) < 4.78 is 0. The van der Waals surface area contributed by atoms with Gasteiger partial charge in [0.1, 0.15) is 0 Å². The normalized spacial score (nSPS) is 10.2. The Balaban J connectivity index is 2.80. The van der Waals surface area contributed by atoms with Crippen LogP contribution in [0, 0.1) is 0 Å². The number of carbonyl (C=O) groups is 1. The molecule has 13 heavy (non-hydrogen) atoms. The second-order valence-electron chi connectivity index (χ2n) is 3.38. The maximum absolute atomic E-state index is 11.7. The molecule has 0 saturated heterocycles. The summed E-state index contributed by atoms with van der Waals surface area (Å²) >= 11 is 0. The highest BCUT2D eigenvalue weighted by atomic mass is 16.2. The fourth-order valence-electron chi connectivity index (χ4n) is 1.02. The largest absolute Gasteiger partial charge is 0.339 e. The Kier molecular flexibility index (Phi) is 3.07. The zero-order chi connectivity index (χ0) is 9.84. The monoisotopic (exact) mass is 177 g/mol. The smallest absolute Gasteiger partial charge is 0.253 e. The van der Waals surface area contributed by atoms with Crippen LogP contribution in [0.25, 0.3) is 0 Å². The average molecular weight is 177 g/mol. The first-order chi connectivity index (χ1) is 6.13. The fourth-order valence-corrected chi connectivity index (χ4v) is 1.02. The van der Waals surface area contributed by atoms with E-state index in [2.05, 4.69) is 0 Å². The second-order valence-corrected chi connectivity index (χ2v) is 3.38. The summed E-state index contributed by atoms with van der Waals surface area (Å²) in [5.41, 5.74) is 0.749. The van der Waals surface area contributed by atoms with Crippen LogP contribution in [0.1, 0.15) is 24.2 Å². The fraction of sp³-hybridized carbons (Fsp3) is 0.364. The molecule has 2 nitrogen and oxygen atoms in total. The highest BCUT2D eigenvalue weighted by molar-refractivity contribution is 5.94. The van der Waals surface area contributed by atoms with Gasteiger partial charge in [0.2, 0.25) is 0 Å². The lowest BCUT2D eigenvalue weighted by atomic mass is 10.2. The van der Waals surface area contributed by atoms with Crippen LogP contribution in [-0.2, 0) is 0 Å². The number of nitrogens with zero attached hydrogens (tertiary/aromatic N) is 1. The maximum atomic E-state index is 11.7. The molecule has 0 aliphatic heterocycles. The molecule has 0 fully saturated rings. The van der Waals surface area contributed by atoms with Gasteiger partial charge in [0.05, 0.1) is 0 Å². The Bertz CT molecular complexity index is 279. The molecule has 1 rings (SSSR count). The van der Waals surface area contributed by atoms with Crippen LogP contribution in [0.2, 0.25) is 0 Å². The Morgan fingerprint density at radius 2 is 1.77 bits per heavy atom. The SMILES string of the molecule is CC(C)N(C)C(=O)c1ccccc1.